The van der Waals surface area contributed by atoms with Crippen molar-refractivity contribution in [2.75, 3.05) is 13.2 Å². The lowest BCUT2D eigenvalue weighted by atomic mass is 10.0. The summed E-state index contributed by atoms with van der Waals surface area (Å²) in [6.07, 6.45) is 36.9. The minimum atomic E-state index is -4.74. The number of phosphoric acid groups is 1. The van der Waals surface area contributed by atoms with Crippen LogP contribution in [-0.2, 0) is 28.2 Å². The molecule has 0 fully saturated rings. The molecule has 0 amide bonds. The third kappa shape index (κ3) is 39.8. The lowest BCUT2D eigenvalue weighted by molar-refractivity contribution is -0.161. The zero-order chi connectivity index (χ0) is 37.0. The molecule has 0 aliphatic carbocycles. The molecule has 0 spiro atoms. The largest absolute Gasteiger partial charge is 0.469 e. The average Bonchev–Trinajstić information content (AvgIpc) is 3.07. The van der Waals surface area contributed by atoms with Crippen LogP contribution in [0.1, 0.15) is 226 Å². The SMILES string of the molecule is CCCCCCCCCCCCCCCCCCCCC(=O)OC[C@H](COP(=O)(O)O)OC(=O)CCCCCCCCCCCCCC(C)C. The molecule has 0 aliphatic rings. The fraction of sp³-hybridized carbons (Fsp3) is 0.951. The van der Waals surface area contributed by atoms with E-state index in [9.17, 15) is 14.2 Å². The summed E-state index contributed by atoms with van der Waals surface area (Å²) in [5.41, 5.74) is 0. The Bertz CT molecular complexity index is 799. The molecule has 8 nitrogen and oxygen atoms in total. The Labute approximate surface area is 308 Å². The average molecular weight is 733 g/mol. The maximum Gasteiger partial charge on any atom is 0.469 e. The molecular weight excluding hydrogens is 651 g/mol. The number of unbranched alkanes of at least 4 members (excludes halogenated alkanes) is 27. The van der Waals surface area contributed by atoms with E-state index in [2.05, 4.69) is 25.3 Å². The van der Waals surface area contributed by atoms with E-state index in [4.69, 9.17) is 19.3 Å². The summed E-state index contributed by atoms with van der Waals surface area (Å²) in [5, 5.41) is 0. The van der Waals surface area contributed by atoms with Crippen molar-refractivity contribution < 1.29 is 37.9 Å². The van der Waals surface area contributed by atoms with E-state index in [1.807, 2.05) is 0 Å². The lowest BCUT2D eigenvalue weighted by Gasteiger charge is -2.18. The third-order valence-corrected chi connectivity index (χ3v) is 10.0. The molecule has 50 heavy (non-hydrogen) atoms. The Balaban J connectivity index is 3.85. The molecule has 0 radical (unpaired) electrons. The van der Waals surface area contributed by atoms with Gasteiger partial charge in [-0.05, 0) is 18.8 Å². The first kappa shape index (κ1) is 49.0. The summed E-state index contributed by atoms with van der Waals surface area (Å²) in [6, 6.07) is 0. The summed E-state index contributed by atoms with van der Waals surface area (Å²) >= 11 is 0. The summed E-state index contributed by atoms with van der Waals surface area (Å²) in [5.74, 6) is -0.0611. The van der Waals surface area contributed by atoms with Gasteiger partial charge in [0, 0.05) is 12.8 Å². The summed E-state index contributed by atoms with van der Waals surface area (Å²) in [4.78, 5) is 42.8. The van der Waals surface area contributed by atoms with Crippen LogP contribution in [0.2, 0.25) is 0 Å². The van der Waals surface area contributed by atoms with Crippen LogP contribution in [0.4, 0.5) is 0 Å². The van der Waals surface area contributed by atoms with Gasteiger partial charge in [0.1, 0.15) is 6.61 Å². The van der Waals surface area contributed by atoms with Gasteiger partial charge >= 0.3 is 19.8 Å². The van der Waals surface area contributed by atoms with Crippen LogP contribution in [0.3, 0.4) is 0 Å². The Hall–Kier alpha value is -0.950. The van der Waals surface area contributed by atoms with Crippen molar-refractivity contribution in [3.63, 3.8) is 0 Å². The van der Waals surface area contributed by atoms with E-state index in [0.717, 1.165) is 44.4 Å². The number of hydrogen-bond acceptors (Lipinski definition) is 6. The Morgan fingerprint density at radius 1 is 0.500 bits per heavy atom. The highest BCUT2D eigenvalue weighted by Gasteiger charge is 2.23. The number of hydrogen-bond donors (Lipinski definition) is 2. The van der Waals surface area contributed by atoms with Gasteiger partial charge in [0.15, 0.2) is 6.10 Å². The topological polar surface area (TPSA) is 119 Å². The highest BCUT2D eigenvalue weighted by Crippen LogP contribution is 2.36. The van der Waals surface area contributed by atoms with Crippen LogP contribution in [-0.4, -0.2) is 41.0 Å². The van der Waals surface area contributed by atoms with E-state index in [0.29, 0.717) is 6.42 Å². The number of carbonyl (C=O) groups excluding carboxylic acids is 2. The molecule has 0 saturated carbocycles. The molecule has 0 saturated heterocycles. The first-order valence-corrected chi connectivity index (χ1v) is 22.7. The lowest BCUT2D eigenvalue weighted by Crippen LogP contribution is -2.29. The summed E-state index contributed by atoms with van der Waals surface area (Å²) in [7, 11) is -4.74. The molecule has 0 aromatic rings. The predicted octanol–water partition coefficient (Wildman–Crippen LogP) is 12.7. The molecule has 0 unspecified atom stereocenters. The van der Waals surface area contributed by atoms with Gasteiger partial charge in [0.25, 0.3) is 0 Å². The summed E-state index contributed by atoms with van der Waals surface area (Å²) < 4.78 is 26.4. The molecule has 9 heteroatoms. The van der Waals surface area contributed by atoms with Gasteiger partial charge in [-0.3, -0.25) is 14.1 Å². The van der Waals surface area contributed by atoms with E-state index < -0.39 is 32.5 Å². The Kier molecular flexibility index (Phi) is 35.7. The maximum atomic E-state index is 12.4. The third-order valence-electron chi connectivity index (χ3n) is 9.55. The molecule has 1 atom stereocenters. The van der Waals surface area contributed by atoms with Gasteiger partial charge in [-0.15, -0.1) is 0 Å². The standard InChI is InChI=1S/C41H81O8P/c1-4-5-6-7-8-9-10-11-12-13-14-15-16-19-22-25-28-31-34-40(42)47-36-39(37-48-50(44,45)46)49-41(43)35-32-29-26-23-20-17-18-21-24-27-30-33-38(2)3/h38-39H,4-37H2,1-3H3,(H2,44,45,46)/t39-/m1/s1. The second-order valence-electron chi connectivity index (χ2n) is 15.2. The van der Waals surface area contributed by atoms with E-state index in [1.165, 1.54) is 148 Å². The van der Waals surface area contributed by atoms with E-state index >= 15 is 0 Å². The number of esters is 2. The van der Waals surface area contributed by atoms with Crippen molar-refractivity contribution in [3.8, 4) is 0 Å². The van der Waals surface area contributed by atoms with Crippen LogP contribution >= 0.6 is 7.82 Å². The van der Waals surface area contributed by atoms with Gasteiger partial charge in [-0.1, -0.05) is 201 Å². The molecule has 298 valence electrons. The highest BCUT2D eigenvalue weighted by molar-refractivity contribution is 7.46. The molecule has 0 heterocycles. The molecule has 0 bridgehead atoms. The number of carbonyl (C=O) groups is 2. The van der Waals surface area contributed by atoms with Crippen molar-refractivity contribution in [2.24, 2.45) is 5.92 Å². The Morgan fingerprint density at radius 2 is 0.840 bits per heavy atom. The van der Waals surface area contributed by atoms with Gasteiger partial charge in [-0.25, -0.2) is 4.57 Å². The number of ether oxygens (including phenoxy) is 2. The van der Waals surface area contributed by atoms with Gasteiger partial charge in [-0.2, -0.15) is 0 Å². The van der Waals surface area contributed by atoms with Gasteiger partial charge in [0.05, 0.1) is 6.61 Å². The van der Waals surface area contributed by atoms with Crippen molar-refractivity contribution in [1.29, 1.82) is 0 Å². The van der Waals surface area contributed by atoms with Crippen LogP contribution in [0.5, 0.6) is 0 Å². The second kappa shape index (κ2) is 36.4. The quantitative estimate of drug-likeness (QED) is 0.0364. The highest BCUT2D eigenvalue weighted by atomic mass is 31.2. The predicted molar refractivity (Wildman–Crippen MR) is 207 cm³/mol. The van der Waals surface area contributed by atoms with E-state index in [-0.39, 0.29) is 19.4 Å². The minimum absolute atomic E-state index is 0.218. The first-order chi connectivity index (χ1) is 24.1. The van der Waals surface area contributed by atoms with Crippen molar-refractivity contribution in [2.45, 2.75) is 232 Å². The number of phosphoric ester groups is 1. The fourth-order valence-electron chi connectivity index (χ4n) is 6.38. The molecule has 0 aromatic heterocycles. The minimum Gasteiger partial charge on any atom is -0.462 e. The first-order valence-electron chi connectivity index (χ1n) is 21.2. The normalized spacial score (nSPS) is 12.4. The zero-order valence-corrected chi connectivity index (χ0v) is 33.9. The van der Waals surface area contributed by atoms with Crippen molar-refractivity contribution >= 4 is 19.8 Å². The Morgan fingerprint density at radius 3 is 1.20 bits per heavy atom. The van der Waals surface area contributed by atoms with Crippen molar-refractivity contribution in [1.82, 2.24) is 0 Å². The zero-order valence-electron chi connectivity index (χ0n) is 33.0. The second-order valence-corrected chi connectivity index (χ2v) is 16.4. The van der Waals surface area contributed by atoms with Crippen LogP contribution in [0, 0.1) is 5.92 Å². The maximum absolute atomic E-state index is 12.4. The van der Waals surface area contributed by atoms with Crippen LogP contribution in [0.15, 0.2) is 0 Å². The van der Waals surface area contributed by atoms with E-state index in [1.54, 1.807) is 0 Å². The molecular formula is C41H81O8P. The van der Waals surface area contributed by atoms with Gasteiger partial charge < -0.3 is 19.3 Å². The number of rotatable bonds is 39. The smallest absolute Gasteiger partial charge is 0.462 e. The van der Waals surface area contributed by atoms with Crippen LogP contribution < -0.4 is 0 Å². The van der Waals surface area contributed by atoms with Crippen molar-refractivity contribution in [3.05, 3.63) is 0 Å². The molecule has 0 aliphatic heterocycles. The molecule has 0 rings (SSSR count). The van der Waals surface area contributed by atoms with Crippen LogP contribution in [0.25, 0.3) is 0 Å². The fourth-order valence-corrected chi connectivity index (χ4v) is 6.74. The molecule has 2 N–H and O–H groups in total. The van der Waals surface area contributed by atoms with Gasteiger partial charge in [0.2, 0.25) is 0 Å². The summed E-state index contributed by atoms with van der Waals surface area (Å²) in [6.45, 7) is 6.04. The monoisotopic (exact) mass is 733 g/mol. The molecule has 0 aromatic carbocycles.